The predicted octanol–water partition coefficient (Wildman–Crippen LogP) is 1.78. The van der Waals surface area contributed by atoms with Crippen molar-refractivity contribution in [3.05, 3.63) is 29.8 Å². The summed E-state index contributed by atoms with van der Waals surface area (Å²) in [5.74, 6) is 0.246. The van der Waals surface area contributed by atoms with Gasteiger partial charge in [-0.1, -0.05) is 12.1 Å². The minimum Gasteiger partial charge on any atom is -0.328 e. The second-order valence-corrected chi connectivity index (χ2v) is 5.97. The van der Waals surface area contributed by atoms with Crippen LogP contribution in [0.5, 0.6) is 0 Å². The molecule has 1 amide bonds. The van der Waals surface area contributed by atoms with Crippen LogP contribution in [0, 0.1) is 0 Å². The van der Waals surface area contributed by atoms with Gasteiger partial charge in [0.05, 0.1) is 0 Å². The summed E-state index contributed by atoms with van der Waals surface area (Å²) in [5, 5.41) is 3.57. The number of hydrogen-bond donors (Lipinski definition) is 2. The molecule has 0 aromatic heterocycles. The fourth-order valence-corrected chi connectivity index (χ4v) is 3.18. The minimum absolute atomic E-state index is 0.246. The normalized spacial score (nSPS) is 26.4. The first-order chi connectivity index (χ1) is 9.72. The third-order valence-corrected chi connectivity index (χ3v) is 4.39. The number of hydrogen-bond acceptors (Lipinski definition) is 3. The highest BCUT2D eigenvalue weighted by molar-refractivity contribution is 5.95. The second kappa shape index (κ2) is 5.94. The van der Waals surface area contributed by atoms with Crippen LogP contribution in [0.25, 0.3) is 0 Å². The van der Waals surface area contributed by atoms with Crippen LogP contribution in [0.3, 0.4) is 0 Å². The summed E-state index contributed by atoms with van der Waals surface area (Å²) < 4.78 is 0. The molecule has 3 N–H and O–H groups in total. The monoisotopic (exact) mass is 273 g/mol. The SMILES string of the molecule is NC1CCC(NCc2ccc(N3CCCC3=O)cc2)C1. The summed E-state index contributed by atoms with van der Waals surface area (Å²) >= 11 is 0. The summed E-state index contributed by atoms with van der Waals surface area (Å²) in [6.45, 7) is 1.74. The Labute approximate surface area is 120 Å². The molecular weight excluding hydrogens is 250 g/mol. The molecule has 1 aromatic carbocycles. The van der Waals surface area contributed by atoms with E-state index in [2.05, 4.69) is 29.6 Å². The Hall–Kier alpha value is -1.39. The predicted molar refractivity (Wildman–Crippen MR) is 80.5 cm³/mol. The van der Waals surface area contributed by atoms with Crippen LogP contribution in [0.15, 0.2) is 24.3 Å². The van der Waals surface area contributed by atoms with Crippen LogP contribution < -0.4 is 16.0 Å². The number of carbonyl (C=O) groups excluding carboxylic acids is 1. The van der Waals surface area contributed by atoms with Gasteiger partial charge in [-0.25, -0.2) is 0 Å². The van der Waals surface area contributed by atoms with Crippen molar-refractivity contribution in [1.29, 1.82) is 0 Å². The number of nitrogens with zero attached hydrogens (tertiary/aromatic N) is 1. The van der Waals surface area contributed by atoms with E-state index in [1.807, 2.05) is 4.90 Å². The number of nitrogens with two attached hydrogens (primary N) is 1. The van der Waals surface area contributed by atoms with E-state index in [1.165, 1.54) is 12.0 Å². The molecule has 4 nitrogen and oxygen atoms in total. The molecule has 2 aliphatic rings. The topological polar surface area (TPSA) is 58.4 Å². The standard InChI is InChI=1S/C16H23N3O/c17-13-5-6-14(10-13)18-11-12-3-7-15(8-4-12)19-9-1-2-16(19)20/h3-4,7-8,13-14,18H,1-2,5-6,9-11,17H2. The van der Waals surface area contributed by atoms with Gasteiger partial charge in [-0.3, -0.25) is 4.79 Å². The number of carbonyl (C=O) groups is 1. The molecule has 108 valence electrons. The van der Waals surface area contributed by atoms with Gasteiger partial charge in [-0.2, -0.15) is 0 Å². The van der Waals surface area contributed by atoms with Crippen LogP contribution in [0.1, 0.15) is 37.7 Å². The lowest BCUT2D eigenvalue weighted by molar-refractivity contribution is -0.117. The maximum Gasteiger partial charge on any atom is 0.227 e. The van der Waals surface area contributed by atoms with E-state index in [0.29, 0.717) is 18.5 Å². The zero-order valence-electron chi connectivity index (χ0n) is 11.8. The Balaban J connectivity index is 1.55. The summed E-state index contributed by atoms with van der Waals surface area (Å²) in [6.07, 6.45) is 5.06. The number of rotatable bonds is 4. The fourth-order valence-electron chi connectivity index (χ4n) is 3.18. The van der Waals surface area contributed by atoms with E-state index < -0.39 is 0 Å². The molecule has 0 radical (unpaired) electrons. The lowest BCUT2D eigenvalue weighted by Crippen LogP contribution is -2.28. The molecular formula is C16H23N3O. The highest BCUT2D eigenvalue weighted by Gasteiger charge is 2.22. The van der Waals surface area contributed by atoms with Gasteiger partial charge in [0.1, 0.15) is 0 Å². The van der Waals surface area contributed by atoms with Crippen molar-refractivity contribution in [2.75, 3.05) is 11.4 Å². The summed E-state index contributed by atoms with van der Waals surface area (Å²) in [4.78, 5) is 13.6. The Morgan fingerprint density at radius 1 is 1.25 bits per heavy atom. The van der Waals surface area contributed by atoms with Crippen molar-refractivity contribution in [3.63, 3.8) is 0 Å². The average molecular weight is 273 g/mol. The Kier molecular flexibility index (Phi) is 4.03. The van der Waals surface area contributed by atoms with Gasteiger partial charge in [-0.05, 0) is 43.4 Å². The van der Waals surface area contributed by atoms with Gasteiger partial charge < -0.3 is 16.0 Å². The molecule has 3 rings (SSSR count). The molecule has 0 bridgehead atoms. The third kappa shape index (κ3) is 3.02. The van der Waals surface area contributed by atoms with Crippen molar-refractivity contribution < 1.29 is 4.79 Å². The minimum atomic E-state index is 0.246. The van der Waals surface area contributed by atoms with Gasteiger partial charge in [0, 0.05) is 37.3 Å². The fraction of sp³-hybridized carbons (Fsp3) is 0.562. The maximum absolute atomic E-state index is 11.7. The first kappa shape index (κ1) is 13.6. The van der Waals surface area contributed by atoms with Crippen LogP contribution >= 0.6 is 0 Å². The molecule has 1 aliphatic carbocycles. The van der Waals surface area contributed by atoms with Gasteiger partial charge in [0.15, 0.2) is 0 Å². The third-order valence-electron chi connectivity index (χ3n) is 4.39. The van der Waals surface area contributed by atoms with Gasteiger partial charge in [-0.15, -0.1) is 0 Å². The van der Waals surface area contributed by atoms with Crippen LogP contribution in [0.2, 0.25) is 0 Å². The first-order valence-electron chi connectivity index (χ1n) is 7.60. The van der Waals surface area contributed by atoms with Crippen molar-refractivity contribution in [2.24, 2.45) is 5.73 Å². The number of nitrogens with one attached hydrogen (secondary N) is 1. The Morgan fingerprint density at radius 2 is 2.05 bits per heavy atom. The molecule has 2 unspecified atom stereocenters. The van der Waals surface area contributed by atoms with E-state index in [0.717, 1.165) is 38.0 Å². The molecule has 2 fully saturated rings. The van der Waals surface area contributed by atoms with Crippen molar-refractivity contribution in [2.45, 2.75) is 50.7 Å². The van der Waals surface area contributed by atoms with Crippen molar-refractivity contribution in [1.82, 2.24) is 5.32 Å². The lowest BCUT2D eigenvalue weighted by Gasteiger charge is -2.17. The molecule has 0 spiro atoms. The lowest BCUT2D eigenvalue weighted by atomic mass is 10.1. The van der Waals surface area contributed by atoms with Crippen LogP contribution in [0.4, 0.5) is 5.69 Å². The molecule has 20 heavy (non-hydrogen) atoms. The molecule has 1 heterocycles. The molecule has 1 aliphatic heterocycles. The zero-order chi connectivity index (χ0) is 13.9. The molecule has 1 saturated carbocycles. The number of amides is 1. The highest BCUT2D eigenvalue weighted by Crippen LogP contribution is 2.22. The Bertz CT molecular complexity index is 471. The average Bonchev–Trinajstić information content (AvgIpc) is 3.06. The van der Waals surface area contributed by atoms with Gasteiger partial charge in [0.2, 0.25) is 5.91 Å². The number of benzene rings is 1. The van der Waals surface area contributed by atoms with Gasteiger partial charge >= 0.3 is 0 Å². The van der Waals surface area contributed by atoms with E-state index in [-0.39, 0.29) is 5.91 Å². The molecule has 2 atom stereocenters. The highest BCUT2D eigenvalue weighted by atomic mass is 16.2. The van der Waals surface area contributed by atoms with E-state index in [4.69, 9.17) is 5.73 Å². The second-order valence-electron chi connectivity index (χ2n) is 5.97. The quantitative estimate of drug-likeness (QED) is 0.879. The summed E-state index contributed by atoms with van der Waals surface area (Å²) in [7, 11) is 0. The van der Waals surface area contributed by atoms with E-state index in [9.17, 15) is 4.79 Å². The van der Waals surface area contributed by atoms with Crippen molar-refractivity contribution in [3.8, 4) is 0 Å². The van der Waals surface area contributed by atoms with E-state index >= 15 is 0 Å². The maximum atomic E-state index is 11.7. The molecule has 1 saturated heterocycles. The number of anilines is 1. The molecule has 4 heteroatoms. The molecule has 1 aromatic rings. The van der Waals surface area contributed by atoms with Crippen molar-refractivity contribution >= 4 is 11.6 Å². The van der Waals surface area contributed by atoms with Crippen LogP contribution in [-0.4, -0.2) is 24.5 Å². The summed E-state index contributed by atoms with van der Waals surface area (Å²) in [6, 6.07) is 9.27. The first-order valence-corrected chi connectivity index (χ1v) is 7.60. The van der Waals surface area contributed by atoms with Gasteiger partial charge in [0.25, 0.3) is 0 Å². The smallest absolute Gasteiger partial charge is 0.227 e. The Morgan fingerprint density at radius 3 is 2.65 bits per heavy atom. The van der Waals surface area contributed by atoms with E-state index in [1.54, 1.807) is 0 Å². The zero-order valence-corrected chi connectivity index (χ0v) is 11.8. The van der Waals surface area contributed by atoms with Crippen LogP contribution in [-0.2, 0) is 11.3 Å². The largest absolute Gasteiger partial charge is 0.328 e. The summed E-state index contributed by atoms with van der Waals surface area (Å²) in [5.41, 5.74) is 8.21.